The molecule has 3 rings (SSSR count). The lowest BCUT2D eigenvalue weighted by Crippen LogP contribution is -1.87. The molecule has 0 saturated heterocycles. The Kier molecular flexibility index (Phi) is 3.23. The molecule has 0 N–H and O–H groups in total. The number of carbonyl (C=O) groups excluding carboxylic acids is 1. The highest BCUT2D eigenvalue weighted by molar-refractivity contribution is 7.99. The van der Waals surface area contributed by atoms with Gasteiger partial charge in [0, 0.05) is 16.7 Å². The number of hydrogen-bond donors (Lipinski definition) is 0. The molecule has 0 aliphatic rings. The molecule has 0 aliphatic heterocycles. The van der Waals surface area contributed by atoms with Crippen molar-refractivity contribution in [1.82, 2.24) is 14.6 Å². The maximum Gasteiger partial charge on any atom is 0.200 e. The summed E-state index contributed by atoms with van der Waals surface area (Å²) in [5.74, 6) is 0. The van der Waals surface area contributed by atoms with E-state index in [0.29, 0.717) is 10.6 Å². The van der Waals surface area contributed by atoms with E-state index >= 15 is 0 Å². The second-order valence-electron chi connectivity index (χ2n) is 3.82. The van der Waals surface area contributed by atoms with E-state index in [2.05, 4.69) is 10.2 Å². The van der Waals surface area contributed by atoms with Gasteiger partial charge in [0.1, 0.15) is 6.29 Å². The van der Waals surface area contributed by atoms with E-state index in [1.54, 1.807) is 18.2 Å². The average molecular weight is 290 g/mol. The SMILES string of the molecule is O=Cc1ccc(Sc2nnc3ccccn23)c(Cl)c1. The number of fused-ring (bicyclic) bond motifs is 1. The predicted octanol–water partition coefficient (Wildman–Crippen LogP) is 3.35. The Morgan fingerprint density at radius 3 is 2.89 bits per heavy atom. The van der Waals surface area contributed by atoms with Gasteiger partial charge in [0.25, 0.3) is 0 Å². The minimum atomic E-state index is 0.530. The van der Waals surface area contributed by atoms with Crippen LogP contribution in [0.3, 0.4) is 0 Å². The predicted molar refractivity (Wildman–Crippen MR) is 73.9 cm³/mol. The lowest BCUT2D eigenvalue weighted by atomic mass is 10.2. The average Bonchev–Trinajstić information content (AvgIpc) is 2.84. The molecule has 0 aliphatic carbocycles. The van der Waals surface area contributed by atoms with Gasteiger partial charge >= 0.3 is 0 Å². The van der Waals surface area contributed by atoms with Crippen LogP contribution in [0.15, 0.2) is 52.6 Å². The van der Waals surface area contributed by atoms with Crippen LogP contribution in [0.5, 0.6) is 0 Å². The van der Waals surface area contributed by atoms with Gasteiger partial charge in [-0.2, -0.15) is 0 Å². The number of nitrogens with zero attached hydrogens (tertiary/aromatic N) is 3. The first-order chi connectivity index (χ1) is 9.28. The Labute approximate surface area is 118 Å². The molecule has 0 unspecified atom stereocenters. The highest BCUT2D eigenvalue weighted by Gasteiger charge is 2.09. The van der Waals surface area contributed by atoms with Crippen molar-refractivity contribution in [3.05, 3.63) is 53.2 Å². The van der Waals surface area contributed by atoms with Crippen molar-refractivity contribution in [2.24, 2.45) is 0 Å². The Morgan fingerprint density at radius 1 is 1.21 bits per heavy atom. The van der Waals surface area contributed by atoms with Crippen LogP contribution in [-0.2, 0) is 0 Å². The van der Waals surface area contributed by atoms with E-state index in [9.17, 15) is 4.79 Å². The monoisotopic (exact) mass is 289 g/mol. The first-order valence-corrected chi connectivity index (χ1v) is 6.70. The second-order valence-corrected chi connectivity index (χ2v) is 5.24. The smallest absolute Gasteiger partial charge is 0.200 e. The third-order valence-corrected chi connectivity index (χ3v) is 4.04. The molecule has 0 bridgehead atoms. The maximum atomic E-state index is 10.7. The Morgan fingerprint density at radius 2 is 2.11 bits per heavy atom. The Balaban J connectivity index is 1.99. The number of aldehydes is 1. The summed E-state index contributed by atoms with van der Waals surface area (Å²) in [5, 5.41) is 9.46. The number of pyridine rings is 1. The molecule has 0 saturated carbocycles. The van der Waals surface area contributed by atoms with Crippen molar-refractivity contribution >= 4 is 35.3 Å². The fourth-order valence-corrected chi connectivity index (χ4v) is 2.79. The molecule has 2 heterocycles. The number of rotatable bonds is 3. The van der Waals surface area contributed by atoms with Gasteiger partial charge in [-0.25, -0.2) is 0 Å². The van der Waals surface area contributed by atoms with Crippen LogP contribution in [0.25, 0.3) is 5.65 Å². The minimum Gasteiger partial charge on any atom is -0.298 e. The summed E-state index contributed by atoms with van der Waals surface area (Å²) < 4.78 is 1.88. The molecule has 0 radical (unpaired) electrons. The van der Waals surface area contributed by atoms with Crippen LogP contribution in [0.1, 0.15) is 10.4 Å². The van der Waals surface area contributed by atoms with E-state index < -0.39 is 0 Å². The van der Waals surface area contributed by atoms with Crippen LogP contribution in [0, 0.1) is 0 Å². The van der Waals surface area contributed by atoms with Crippen molar-refractivity contribution in [1.29, 1.82) is 0 Å². The lowest BCUT2D eigenvalue weighted by molar-refractivity contribution is 0.112. The van der Waals surface area contributed by atoms with Crippen molar-refractivity contribution < 1.29 is 4.79 Å². The number of halogens is 1. The van der Waals surface area contributed by atoms with E-state index in [0.717, 1.165) is 22.0 Å². The number of hydrogen-bond acceptors (Lipinski definition) is 4. The molecule has 0 spiro atoms. The van der Waals surface area contributed by atoms with Crippen LogP contribution in [-0.4, -0.2) is 20.9 Å². The molecule has 94 valence electrons. The summed E-state index contributed by atoms with van der Waals surface area (Å²) in [6.07, 6.45) is 2.66. The summed E-state index contributed by atoms with van der Waals surface area (Å²) in [6.45, 7) is 0. The van der Waals surface area contributed by atoms with Crippen LogP contribution < -0.4 is 0 Å². The molecule has 0 fully saturated rings. The molecule has 19 heavy (non-hydrogen) atoms. The first-order valence-electron chi connectivity index (χ1n) is 5.50. The maximum absolute atomic E-state index is 10.7. The van der Waals surface area contributed by atoms with Crippen molar-refractivity contribution in [3.63, 3.8) is 0 Å². The molecule has 4 nitrogen and oxygen atoms in total. The fourth-order valence-electron chi connectivity index (χ4n) is 1.66. The molecular weight excluding hydrogens is 282 g/mol. The largest absolute Gasteiger partial charge is 0.298 e. The van der Waals surface area contributed by atoms with E-state index in [-0.39, 0.29) is 0 Å². The molecule has 6 heteroatoms. The van der Waals surface area contributed by atoms with Crippen LogP contribution >= 0.6 is 23.4 Å². The molecule has 0 atom stereocenters. The third-order valence-electron chi connectivity index (χ3n) is 2.58. The molecule has 1 aromatic carbocycles. The standard InChI is InChI=1S/C13H8ClN3OS/c14-10-7-9(8-18)4-5-11(10)19-13-16-15-12-3-1-2-6-17(12)13/h1-8H. The summed E-state index contributed by atoms with van der Waals surface area (Å²) in [6, 6.07) is 10.9. The highest BCUT2D eigenvalue weighted by Crippen LogP contribution is 2.32. The van der Waals surface area contributed by atoms with Gasteiger partial charge < -0.3 is 0 Å². The van der Waals surface area contributed by atoms with Gasteiger partial charge in [0.05, 0.1) is 5.02 Å². The normalized spacial score (nSPS) is 10.8. The molecule has 2 aromatic heterocycles. The zero-order valence-electron chi connectivity index (χ0n) is 9.65. The van der Waals surface area contributed by atoms with E-state index in [1.165, 1.54) is 11.8 Å². The Hall–Kier alpha value is -1.85. The summed E-state index contributed by atoms with van der Waals surface area (Å²) in [5.41, 5.74) is 1.34. The Bertz CT molecular complexity index is 756. The van der Waals surface area contributed by atoms with Crippen LogP contribution in [0.2, 0.25) is 5.02 Å². The number of carbonyl (C=O) groups is 1. The lowest BCUT2D eigenvalue weighted by Gasteiger charge is -2.03. The molecule has 3 aromatic rings. The zero-order chi connectivity index (χ0) is 13.2. The van der Waals surface area contributed by atoms with Gasteiger partial charge in [-0.1, -0.05) is 23.7 Å². The highest BCUT2D eigenvalue weighted by atomic mass is 35.5. The minimum absolute atomic E-state index is 0.530. The number of aromatic nitrogens is 3. The van der Waals surface area contributed by atoms with E-state index in [4.69, 9.17) is 11.6 Å². The van der Waals surface area contributed by atoms with Gasteiger partial charge in [0.15, 0.2) is 10.8 Å². The summed E-state index contributed by atoms with van der Waals surface area (Å²) in [7, 11) is 0. The quantitative estimate of drug-likeness (QED) is 0.694. The second kappa shape index (κ2) is 5.03. The van der Waals surface area contributed by atoms with Gasteiger partial charge in [-0.05, 0) is 36.0 Å². The van der Waals surface area contributed by atoms with Gasteiger partial charge in [-0.15, -0.1) is 10.2 Å². The fraction of sp³-hybridized carbons (Fsp3) is 0. The summed E-state index contributed by atoms with van der Waals surface area (Å²) in [4.78, 5) is 11.5. The first kappa shape index (κ1) is 12.2. The third kappa shape index (κ3) is 2.34. The van der Waals surface area contributed by atoms with Gasteiger partial charge in [-0.3, -0.25) is 9.20 Å². The van der Waals surface area contributed by atoms with Crippen molar-refractivity contribution in [3.8, 4) is 0 Å². The molecular formula is C13H8ClN3OS. The zero-order valence-corrected chi connectivity index (χ0v) is 11.2. The van der Waals surface area contributed by atoms with Crippen LogP contribution in [0.4, 0.5) is 0 Å². The summed E-state index contributed by atoms with van der Waals surface area (Å²) >= 11 is 7.55. The topological polar surface area (TPSA) is 47.3 Å². The van der Waals surface area contributed by atoms with E-state index in [1.807, 2.05) is 28.8 Å². The van der Waals surface area contributed by atoms with Gasteiger partial charge in [0.2, 0.25) is 0 Å². The van der Waals surface area contributed by atoms with Crippen molar-refractivity contribution in [2.45, 2.75) is 10.1 Å². The van der Waals surface area contributed by atoms with Crippen molar-refractivity contribution in [2.75, 3.05) is 0 Å². The molecule has 0 amide bonds. The number of benzene rings is 1.